The fourth-order valence-electron chi connectivity index (χ4n) is 1.77. The van der Waals surface area contributed by atoms with Gasteiger partial charge in [-0.3, -0.25) is 4.68 Å². The van der Waals surface area contributed by atoms with Crippen molar-refractivity contribution in [3.8, 4) is 0 Å². The molecule has 2 rings (SSSR count). The van der Waals surface area contributed by atoms with E-state index in [0.29, 0.717) is 0 Å². The second-order valence-corrected chi connectivity index (χ2v) is 4.43. The Labute approximate surface area is 102 Å². The van der Waals surface area contributed by atoms with E-state index in [2.05, 4.69) is 36.3 Å². The largest absolute Gasteiger partial charge is 0.324 e. The molecule has 0 aliphatic carbocycles. The SMILES string of the molecule is CCc1ccc(Cn2cc(C(C)N)cn2)cc1. The van der Waals surface area contributed by atoms with Gasteiger partial charge in [0.1, 0.15) is 0 Å². The van der Waals surface area contributed by atoms with E-state index < -0.39 is 0 Å². The Hall–Kier alpha value is -1.61. The van der Waals surface area contributed by atoms with Crippen LogP contribution < -0.4 is 5.73 Å². The summed E-state index contributed by atoms with van der Waals surface area (Å²) in [7, 11) is 0. The summed E-state index contributed by atoms with van der Waals surface area (Å²) in [6.45, 7) is 4.94. The number of hydrogen-bond acceptors (Lipinski definition) is 2. The molecular formula is C14H19N3. The zero-order valence-electron chi connectivity index (χ0n) is 10.4. The van der Waals surface area contributed by atoms with E-state index >= 15 is 0 Å². The van der Waals surface area contributed by atoms with Gasteiger partial charge in [0, 0.05) is 17.8 Å². The van der Waals surface area contributed by atoms with E-state index in [4.69, 9.17) is 5.73 Å². The smallest absolute Gasteiger partial charge is 0.0659 e. The molecule has 3 nitrogen and oxygen atoms in total. The van der Waals surface area contributed by atoms with Crippen LogP contribution in [-0.4, -0.2) is 9.78 Å². The number of hydrogen-bond donors (Lipinski definition) is 1. The highest BCUT2D eigenvalue weighted by Crippen LogP contribution is 2.10. The summed E-state index contributed by atoms with van der Waals surface area (Å²) >= 11 is 0. The lowest BCUT2D eigenvalue weighted by Crippen LogP contribution is -2.04. The van der Waals surface area contributed by atoms with Gasteiger partial charge in [0.2, 0.25) is 0 Å². The summed E-state index contributed by atoms with van der Waals surface area (Å²) in [5, 5.41) is 4.31. The highest BCUT2D eigenvalue weighted by molar-refractivity contribution is 5.22. The van der Waals surface area contributed by atoms with Crippen LogP contribution in [0.2, 0.25) is 0 Å². The van der Waals surface area contributed by atoms with E-state index in [1.54, 1.807) is 0 Å². The van der Waals surface area contributed by atoms with Crippen molar-refractivity contribution < 1.29 is 0 Å². The molecule has 1 atom stereocenters. The van der Waals surface area contributed by atoms with Crippen LogP contribution in [0.25, 0.3) is 0 Å². The Bertz CT molecular complexity index is 468. The molecule has 2 N–H and O–H groups in total. The number of benzene rings is 1. The Kier molecular flexibility index (Phi) is 3.59. The van der Waals surface area contributed by atoms with E-state index in [1.165, 1.54) is 11.1 Å². The van der Waals surface area contributed by atoms with Gasteiger partial charge in [0.25, 0.3) is 0 Å². The molecule has 90 valence electrons. The summed E-state index contributed by atoms with van der Waals surface area (Å²) in [5.74, 6) is 0. The van der Waals surface area contributed by atoms with Crippen LogP contribution in [0.3, 0.4) is 0 Å². The van der Waals surface area contributed by atoms with Crippen molar-refractivity contribution >= 4 is 0 Å². The molecule has 1 heterocycles. The van der Waals surface area contributed by atoms with Crippen molar-refractivity contribution in [2.45, 2.75) is 32.9 Å². The predicted molar refractivity (Wildman–Crippen MR) is 69.8 cm³/mol. The number of nitrogens with zero attached hydrogens (tertiary/aromatic N) is 2. The Morgan fingerprint density at radius 2 is 1.88 bits per heavy atom. The van der Waals surface area contributed by atoms with Crippen LogP contribution in [0, 0.1) is 0 Å². The molecule has 3 heteroatoms. The molecular weight excluding hydrogens is 210 g/mol. The van der Waals surface area contributed by atoms with Crippen LogP contribution in [-0.2, 0) is 13.0 Å². The van der Waals surface area contributed by atoms with Gasteiger partial charge in [-0.1, -0.05) is 31.2 Å². The molecule has 1 unspecified atom stereocenters. The molecule has 0 amide bonds. The summed E-state index contributed by atoms with van der Waals surface area (Å²) in [4.78, 5) is 0. The van der Waals surface area contributed by atoms with Crippen molar-refractivity contribution in [1.29, 1.82) is 0 Å². The summed E-state index contributed by atoms with van der Waals surface area (Å²) in [6.07, 6.45) is 4.93. The minimum atomic E-state index is 0.0474. The van der Waals surface area contributed by atoms with Crippen molar-refractivity contribution in [2.24, 2.45) is 5.73 Å². The first-order valence-corrected chi connectivity index (χ1v) is 6.04. The molecule has 17 heavy (non-hydrogen) atoms. The van der Waals surface area contributed by atoms with Gasteiger partial charge in [-0.25, -0.2) is 0 Å². The molecule has 1 aromatic carbocycles. The molecule has 2 aromatic rings. The highest BCUT2D eigenvalue weighted by atomic mass is 15.3. The number of aryl methyl sites for hydroxylation is 1. The highest BCUT2D eigenvalue weighted by Gasteiger charge is 2.03. The molecule has 0 saturated heterocycles. The van der Waals surface area contributed by atoms with Gasteiger partial charge in [-0.15, -0.1) is 0 Å². The van der Waals surface area contributed by atoms with Gasteiger partial charge in [0.05, 0.1) is 12.7 Å². The van der Waals surface area contributed by atoms with Crippen molar-refractivity contribution in [3.63, 3.8) is 0 Å². The molecule has 0 spiro atoms. The monoisotopic (exact) mass is 229 g/mol. The average molecular weight is 229 g/mol. The summed E-state index contributed by atoms with van der Waals surface area (Å²) < 4.78 is 1.93. The van der Waals surface area contributed by atoms with E-state index in [1.807, 2.05) is 24.0 Å². The fraction of sp³-hybridized carbons (Fsp3) is 0.357. The molecule has 0 bridgehead atoms. The zero-order chi connectivity index (χ0) is 12.3. The first-order chi connectivity index (χ1) is 8.19. The lowest BCUT2D eigenvalue weighted by molar-refractivity contribution is 0.684. The van der Waals surface area contributed by atoms with Gasteiger partial charge in [0.15, 0.2) is 0 Å². The maximum atomic E-state index is 5.80. The van der Waals surface area contributed by atoms with Gasteiger partial charge in [-0.05, 0) is 24.5 Å². The van der Waals surface area contributed by atoms with E-state index in [-0.39, 0.29) is 6.04 Å². The lowest BCUT2D eigenvalue weighted by Gasteiger charge is -2.03. The molecule has 0 fully saturated rings. The van der Waals surface area contributed by atoms with Gasteiger partial charge < -0.3 is 5.73 Å². The predicted octanol–water partition coefficient (Wildman–Crippen LogP) is 2.51. The Morgan fingerprint density at radius 1 is 1.24 bits per heavy atom. The second-order valence-electron chi connectivity index (χ2n) is 4.43. The van der Waals surface area contributed by atoms with Gasteiger partial charge >= 0.3 is 0 Å². The Morgan fingerprint density at radius 3 is 2.41 bits per heavy atom. The topological polar surface area (TPSA) is 43.8 Å². The Balaban J connectivity index is 2.08. The standard InChI is InChI=1S/C14H19N3/c1-3-12-4-6-13(7-5-12)9-17-10-14(8-16-17)11(2)15/h4-8,10-11H,3,9,15H2,1-2H3. The van der Waals surface area contributed by atoms with Crippen molar-refractivity contribution in [3.05, 3.63) is 53.3 Å². The van der Waals surface area contributed by atoms with Crippen LogP contribution in [0.5, 0.6) is 0 Å². The average Bonchev–Trinajstić information content (AvgIpc) is 2.79. The maximum Gasteiger partial charge on any atom is 0.0659 e. The summed E-state index contributed by atoms with van der Waals surface area (Å²) in [5.41, 5.74) is 9.52. The number of rotatable bonds is 4. The third kappa shape index (κ3) is 2.94. The van der Waals surface area contributed by atoms with Crippen molar-refractivity contribution in [1.82, 2.24) is 9.78 Å². The fourth-order valence-corrected chi connectivity index (χ4v) is 1.77. The number of nitrogens with two attached hydrogens (primary N) is 1. The third-order valence-electron chi connectivity index (χ3n) is 2.95. The first kappa shape index (κ1) is 11.9. The molecule has 0 aliphatic rings. The number of aromatic nitrogens is 2. The molecule has 0 saturated carbocycles. The van der Waals surface area contributed by atoms with Gasteiger partial charge in [-0.2, -0.15) is 5.10 Å². The lowest BCUT2D eigenvalue weighted by atomic mass is 10.1. The minimum absolute atomic E-state index is 0.0474. The first-order valence-electron chi connectivity index (χ1n) is 6.04. The molecule has 1 aromatic heterocycles. The second kappa shape index (κ2) is 5.15. The van der Waals surface area contributed by atoms with Crippen molar-refractivity contribution in [2.75, 3.05) is 0 Å². The minimum Gasteiger partial charge on any atom is -0.324 e. The normalized spacial score (nSPS) is 12.6. The molecule has 0 radical (unpaired) electrons. The van der Waals surface area contributed by atoms with Crippen LogP contribution in [0.1, 0.15) is 36.6 Å². The van der Waals surface area contributed by atoms with E-state index in [9.17, 15) is 0 Å². The third-order valence-corrected chi connectivity index (χ3v) is 2.95. The molecule has 0 aliphatic heterocycles. The summed E-state index contributed by atoms with van der Waals surface area (Å²) in [6, 6.07) is 8.71. The van der Waals surface area contributed by atoms with Crippen LogP contribution >= 0.6 is 0 Å². The maximum absolute atomic E-state index is 5.80. The zero-order valence-corrected chi connectivity index (χ0v) is 10.4. The van der Waals surface area contributed by atoms with Crippen LogP contribution in [0.15, 0.2) is 36.7 Å². The van der Waals surface area contributed by atoms with E-state index in [0.717, 1.165) is 18.5 Å². The van der Waals surface area contributed by atoms with Crippen LogP contribution in [0.4, 0.5) is 0 Å². The quantitative estimate of drug-likeness (QED) is 0.875.